The van der Waals surface area contributed by atoms with Crippen molar-refractivity contribution in [3.8, 4) is 23.0 Å². The number of hydrogen-bond acceptors (Lipinski definition) is 4. The molecule has 0 fully saturated rings. The summed E-state index contributed by atoms with van der Waals surface area (Å²) < 4.78 is 11.8. The van der Waals surface area contributed by atoms with Crippen molar-refractivity contribution in [1.29, 1.82) is 0 Å². The first-order chi connectivity index (χ1) is 21.0. The predicted octanol–water partition coefficient (Wildman–Crippen LogP) is 9.21. The molecule has 212 valence electrons. The van der Waals surface area contributed by atoms with E-state index in [9.17, 15) is 0 Å². The summed E-state index contributed by atoms with van der Waals surface area (Å²) in [5.74, 6) is 3.18. The average molecular weight is 563 g/mol. The lowest BCUT2D eigenvalue weighted by Crippen LogP contribution is -1.93. The van der Waals surface area contributed by atoms with Crippen LogP contribution in [0.25, 0.3) is 0 Å². The lowest BCUT2D eigenvalue weighted by Gasteiger charge is -2.09. The molecule has 6 aromatic carbocycles. The zero-order valence-electron chi connectivity index (χ0n) is 23.9. The topological polar surface area (TPSA) is 70.5 Å². The quantitative estimate of drug-likeness (QED) is 0.163. The zero-order valence-corrected chi connectivity index (χ0v) is 23.9. The second-order valence-electron chi connectivity index (χ2n) is 10.8. The number of benzene rings is 6. The van der Waals surface area contributed by atoms with Gasteiger partial charge in [-0.15, -0.1) is 0 Å². The molecule has 0 saturated heterocycles. The molecule has 0 aliphatic heterocycles. The SMILES string of the molecule is Nc1ccc(Oc2ccc(Cc3ccc(Cc4ccc(Cc5ccc(Oc6ccc(N)cc6)cc5)cc4)cc3)cc2)cc1. The van der Waals surface area contributed by atoms with Crippen molar-refractivity contribution in [2.24, 2.45) is 0 Å². The Hall–Kier alpha value is -5.48. The van der Waals surface area contributed by atoms with Gasteiger partial charge in [-0.25, -0.2) is 0 Å². The molecular formula is C39H34N2O2. The molecule has 0 atom stereocenters. The van der Waals surface area contributed by atoms with Crippen molar-refractivity contribution in [2.45, 2.75) is 19.3 Å². The molecule has 43 heavy (non-hydrogen) atoms. The van der Waals surface area contributed by atoms with Gasteiger partial charge in [-0.1, -0.05) is 72.8 Å². The van der Waals surface area contributed by atoms with Crippen LogP contribution in [0.2, 0.25) is 0 Å². The summed E-state index contributed by atoms with van der Waals surface area (Å²) in [6, 6.07) is 49.2. The molecule has 0 heterocycles. The zero-order chi connectivity index (χ0) is 29.4. The highest BCUT2D eigenvalue weighted by atomic mass is 16.5. The van der Waals surface area contributed by atoms with Crippen molar-refractivity contribution < 1.29 is 9.47 Å². The third kappa shape index (κ3) is 7.84. The van der Waals surface area contributed by atoms with Crippen LogP contribution < -0.4 is 20.9 Å². The van der Waals surface area contributed by atoms with Gasteiger partial charge in [-0.3, -0.25) is 0 Å². The summed E-state index contributed by atoms with van der Waals surface area (Å²) in [7, 11) is 0. The summed E-state index contributed by atoms with van der Waals surface area (Å²) in [4.78, 5) is 0. The Labute approximate surface area is 253 Å². The van der Waals surface area contributed by atoms with E-state index in [0.29, 0.717) is 0 Å². The van der Waals surface area contributed by atoms with E-state index in [1.807, 2.05) is 72.8 Å². The van der Waals surface area contributed by atoms with Gasteiger partial charge < -0.3 is 20.9 Å². The van der Waals surface area contributed by atoms with E-state index in [1.165, 1.54) is 33.4 Å². The van der Waals surface area contributed by atoms with Crippen molar-refractivity contribution >= 4 is 11.4 Å². The number of ether oxygens (including phenoxy) is 2. The van der Waals surface area contributed by atoms with Gasteiger partial charge in [0.05, 0.1) is 0 Å². The molecule has 0 amide bonds. The van der Waals surface area contributed by atoms with Gasteiger partial charge in [0.15, 0.2) is 0 Å². The van der Waals surface area contributed by atoms with Crippen LogP contribution in [0.5, 0.6) is 23.0 Å². The molecule has 6 rings (SSSR count). The van der Waals surface area contributed by atoms with Crippen molar-refractivity contribution in [3.63, 3.8) is 0 Å². The maximum atomic E-state index is 5.91. The van der Waals surface area contributed by atoms with E-state index < -0.39 is 0 Å². The standard InChI is InChI=1S/C39H34N2O2/c40-34-13-21-38(22-14-34)42-36-17-9-32(10-18-36)26-30-5-1-28(2-6-30)25-29-3-7-31(8-4-29)27-33-11-19-37(20-12-33)43-39-23-15-35(41)16-24-39/h1-24H,25-27,40-41H2. The number of rotatable bonds is 10. The van der Waals surface area contributed by atoms with Crippen LogP contribution in [0.15, 0.2) is 146 Å². The van der Waals surface area contributed by atoms with E-state index in [-0.39, 0.29) is 0 Å². The normalized spacial score (nSPS) is 10.8. The highest BCUT2D eigenvalue weighted by molar-refractivity contribution is 5.45. The number of anilines is 2. The Bertz CT molecular complexity index is 1610. The van der Waals surface area contributed by atoms with E-state index in [1.54, 1.807) is 0 Å². The smallest absolute Gasteiger partial charge is 0.127 e. The van der Waals surface area contributed by atoms with Gasteiger partial charge >= 0.3 is 0 Å². The summed E-state index contributed by atoms with van der Waals surface area (Å²) in [5.41, 5.74) is 20.6. The molecule has 4 heteroatoms. The number of nitrogens with two attached hydrogens (primary N) is 2. The van der Waals surface area contributed by atoms with Crippen LogP contribution in [0.4, 0.5) is 11.4 Å². The molecule has 0 unspecified atom stereocenters. The second kappa shape index (κ2) is 13.0. The maximum absolute atomic E-state index is 5.91. The molecule has 0 aliphatic rings. The van der Waals surface area contributed by atoms with Crippen molar-refractivity contribution in [3.05, 3.63) is 179 Å². The fraction of sp³-hybridized carbons (Fsp3) is 0.0769. The Morgan fingerprint density at radius 1 is 0.279 bits per heavy atom. The third-order valence-electron chi connectivity index (χ3n) is 7.35. The largest absolute Gasteiger partial charge is 0.457 e. The fourth-order valence-electron chi connectivity index (χ4n) is 4.95. The first-order valence-electron chi connectivity index (χ1n) is 14.4. The lowest BCUT2D eigenvalue weighted by molar-refractivity contribution is 0.482. The van der Waals surface area contributed by atoms with Crippen molar-refractivity contribution in [2.75, 3.05) is 11.5 Å². The van der Waals surface area contributed by atoms with Gasteiger partial charge in [-0.2, -0.15) is 0 Å². The molecular weight excluding hydrogens is 528 g/mol. The van der Waals surface area contributed by atoms with Crippen LogP contribution in [0, 0.1) is 0 Å². The molecule has 0 spiro atoms. The van der Waals surface area contributed by atoms with Gasteiger partial charge in [0, 0.05) is 11.4 Å². The molecule has 6 aromatic rings. The van der Waals surface area contributed by atoms with Crippen LogP contribution in [0.3, 0.4) is 0 Å². The maximum Gasteiger partial charge on any atom is 0.127 e. The summed E-state index contributed by atoms with van der Waals surface area (Å²) >= 11 is 0. The molecule has 4 nitrogen and oxygen atoms in total. The highest BCUT2D eigenvalue weighted by Crippen LogP contribution is 2.25. The highest BCUT2D eigenvalue weighted by Gasteiger charge is 2.04. The van der Waals surface area contributed by atoms with Gasteiger partial charge in [-0.05, 0) is 125 Å². The summed E-state index contributed by atoms with van der Waals surface area (Å²) in [6.45, 7) is 0. The van der Waals surface area contributed by atoms with E-state index in [2.05, 4.69) is 72.8 Å². The molecule has 0 aliphatic carbocycles. The van der Waals surface area contributed by atoms with E-state index in [4.69, 9.17) is 20.9 Å². The Morgan fingerprint density at radius 3 is 0.698 bits per heavy atom. The Morgan fingerprint density at radius 2 is 0.465 bits per heavy atom. The van der Waals surface area contributed by atoms with Gasteiger partial charge in [0.1, 0.15) is 23.0 Å². The predicted molar refractivity (Wildman–Crippen MR) is 176 cm³/mol. The monoisotopic (exact) mass is 562 g/mol. The molecule has 0 aromatic heterocycles. The minimum absolute atomic E-state index is 0.725. The van der Waals surface area contributed by atoms with Crippen LogP contribution in [-0.4, -0.2) is 0 Å². The average Bonchev–Trinajstić information content (AvgIpc) is 3.03. The van der Waals surface area contributed by atoms with Gasteiger partial charge in [0.25, 0.3) is 0 Å². The first kappa shape index (κ1) is 27.7. The molecule has 0 radical (unpaired) electrons. The minimum Gasteiger partial charge on any atom is -0.457 e. The Balaban J connectivity index is 0.988. The summed E-state index contributed by atoms with van der Waals surface area (Å²) in [6.07, 6.45) is 2.67. The first-order valence-corrected chi connectivity index (χ1v) is 14.4. The summed E-state index contributed by atoms with van der Waals surface area (Å²) in [5, 5.41) is 0. The van der Waals surface area contributed by atoms with E-state index >= 15 is 0 Å². The fourth-order valence-corrected chi connectivity index (χ4v) is 4.95. The molecule has 0 saturated carbocycles. The molecule has 4 N–H and O–H groups in total. The second-order valence-corrected chi connectivity index (χ2v) is 10.8. The Kier molecular flexibility index (Phi) is 8.37. The lowest BCUT2D eigenvalue weighted by atomic mass is 9.98. The van der Waals surface area contributed by atoms with Crippen LogP contribution in [-0.2, 0) is 19.3 Å². The third-order valence-corrected chi connectivity index (χ3v) is 7.35. The number of hydrogen-bond donors (Lipinski definition) is 2. The van der Waals surface area contributed by atoms with Crippen LogP contribution in [0.1, 0.15) is 33.4 Å². The van der Waals surface area contributed by atoms with Crippen LogP contribution >= 0.6 is 0 Å². The van der Waals surface area contributed by atoms with Crippen molar-refractivity contribution in [1.82, 2.24) is 0 Å². The number of nitrogen functional groups attached to an aromatic ring is 2. The molecule has 0 bridgehead atoms. The van der Waals surface area contributed by atoms with Gasteiger partial charge in [0.2, 0.25) is 0 Å². The minimum atomic E-state index is 0.725. The van der Waals surface area contributed by atoms with E-state index in [0.717, 1.165) is 53.6 Å².